The summed E-state index contributed by atoms with van der Waals surface area (Å²) in [5, 5.41) is 8.33. The zero-order valence-electron chi connectivity index (χ0n) is 11.5. The average molecular weight is 263 g/mol. The molecule has 1 saturated carbocycles. The lowest BCUT2D eigenvalue weighted by Gasteiger charge is -2.30. The minimum absolute atomic E-state index is 0.283. The lowest BCUT2D eigenvalue weighted by Crippen LogP contribution is -2.37. The van der Waals surface area contributed by atoms with Crippen LogP contribution >= 0.6 is 0 Å². The van der Waals surface area contributed by atoms with Crippen molar-refractivity contribution in [3.8, 4) is 0 Å². The number of likely N-dealkylation sites (tertiary alicyclic amines) is 1. The molecule has 0 spiro atoms. The van der Waals surface area contributed by atoms with E-state index in [4.69, 9.17) is 4.42 Å². The van der Waals surface area contributed by atoms with Crippen molar-refractivity contribution in [3.63, 3.8) is 0 Å². The molecule has 0 N–H and O–H groups in total. The number of rotatable bonds is 4. The number of aromatic nitrogens is 2. The van der Waals surface area contributed by atoms with Crippen molar-refractivity contribution in [2.45, 2.75) is 57.3 Å². The Morgan fingerprint density at radius 3 is 2.26 bits per heavy atom. The number of carbonyl (C=O) groups excluding carboxylic acids is 1. The van der Waals surface area contributed by atoms with Gasteiger partial charge in [0.15, 0.2) is 0 Å². The third-order valence-electron chi connectivity index (χ3n) is 4.04. The van der Waals surface area contributed by atoms with Crippen LogP contribution in [-0.4, -0.2) is 34.1 Å². The highest BCUT2D eigenvalue weighted by Gasteiger charge is 2.32. The number of carbonyl (C=O) groups is 1. The van der Waals surface area contributed by atoms with Gasteiger partial charge in [0.1, 0.15) is 0 Å². The van der Waals surface area contributed by atoms with E-state index in [1.807, 2.05) is 11.8 Å². The lowest BCUT2D eigenvalue weighted by atomic mass is 9.96. The maximum Gasteiger partial charge on any atom is 0.222 e. The molecule has 1 aromatic heterocycles. The van der Waals surface area contributed by atoms with Crippen LogP contribution in [0.2, 0.25) is 0 Å². The van der Waals surface area contributed by atoms with Gasteiger partial charge in [0.2, 0.25) is 17.7 Å². The number of piperidine rings is 1. The van der Waals surface area contributed by atoms with Crippen LogP contribution in [0.15, 0.2) is 4.42 Å². The number of nitrogens with zero attached hydrogens (tertiary/aromatic N) is 3. The van der Waals surface area contributed by atoms with Gasteiger partial charge in [-0.2, -0.15) is 0 Å². The van der Waals surface area contributed by atoms with Crippen LogP contribution in [0.25, 0.3) is 0 Å². The minimum Gasteiger partial charge on any atom is -0.425 e. The molecule has 3 rings (SSSR count). The van der Waals surface area contributed by atoms with Crippen molar-refractivity contribution < 1.29 is 9.21 Å². The van der Waals surface area contributed by atoms with Gasteiger partial charge in [-0.05, 0) is 32.1 Å². The van der Waals surface area contributed by atoms with E-state index in [9.17, 15) is 4.79 Å². The molecule has 0 radical (unpaired) electrons. The molecular weight excluding hydrogens is 242 g/mol. The van der Waals surface area contributed by atoms with Crippen LogP contribution < -0.4 is 0 Å². The van der Waals surface area contributed by atoms with Gasteiger partial charge in [0.05, 0.1) is 0 Å². The molecule has 2 aliphatic rings. The van der Waals surface area contributed by atoms with E-state index in [-0.39, 0.29) is 5.91 Å². The van der Waals surface area contributed by atoms with Gasteiger partial charge in [-0.3, -0.25) is 4.79 Å². The smallest absolute Gasteiger partial charge is 0.222 e. The number of hydrogen-bond donors (Lipinski definition) is 0. The summed E-state index contributed by atoms with van der Waals surface area (Å²) in [6.07, 6.45) is 5.85. The molecular formula is C14H21N3O2. The Bertz CT molecular complexity index is 445. The SMILES string of the molecule is CCCC(=O)N1CCC(c2nnc(C3CC3)o2)CC1. The van der Waals surface area contributed by atoms with Gasteiger partial charge in [-0.15, -0.1) is 10.2 Å². The van der Waals surface area contributed by atoms with Crippen LogP contribution in [0.1, 0.15) is 69.1 Å². The Morgan fingerprint density at radius 2 is 1.74 bits per heavy atom. The highest BCUT2D eigenvalue weighted by molar-refractivity contribution is 5.76. The molecule has 0 unspecified atom stereocenters. The van der Waals surface area contributed by atoms with Crippen molar-refractivity contribution in [1.82, 2.24) is 15.1 Å². The van der Waals surface area contributed by atoms with Gasteiger partial charge in [-0.1, -0.05) is 6.92 Å². The third kappa shape index (κ3) is 2.80. The van der Waals surface area contributed by atoms with Crippen LogP contribution in [0.5, 0.6) is 0 Å². The fraction of sp³-hybridized carbons (Fsp3) is 0.786. The quantitative estimate of drug-likeness (QED) is 0.837. The van der Waals surface area contributed by atoms with Crippen LogP contribution in [0, 0.1) is 0 Å². The summed E-state index contributed by atoms with van der Waals surface area (Å²) in [5.41, 5.74) is 0. The van der Waals surface area contributed by atoms with E-state index < -0.39 is 0 Å². The second-order valence-electron chi connectivity index (χ2n) is 5.66. The van der Waals surface area contributed by atoms with Crippen molar-refractivity contribution in [3.05, 3.63) is 11.8 Å². The fourth-order valence-corrected chi connectivity index (χ4v) is 2.65. The first kappa shape index (κ1) is 12.6. The van der Waals surface area contributed by atoms with Crippen molar-refractivity contribution >= 4 is 5.91 Å². The van der Waals surface area contributed by atoms with Crippen molar-refractivity contribution in [2.75, 3.05) is 13.1 Å². The molecule has 1 saturated heterocycles. The standard InChI is InChI=1S/C14H21N3O2/c1-2-3-12(18)17-8-6-11(7-9-17)14-16-15-13(19-14)10-4-5-10/h10-11H,2-9H2,1H3. The summed E-state index contributed by atoms with van der Waals surface area (Å²) < 4.78 is 5.76. The first-order valence-electron chi connectivity index (χ1n) is 7.39. The topological polar surface area (TPSA) is 59.2 Å². The van der Waals surface area contributed by atoms with E-state index >= 15 is 0 Å². The first-order valence-corrected chi connectivity index (χ1v) is 7.39. The molecule has 1 aliphatic heterocycles. The van der Waals surface area contributed by atoms with Crippen molar-refractivity contribution in [1.29, 1.82) is 0 Å². The molecule has 2 fully saturated rings. The highest BCUT2D eigenvalue weighted by atomic mass is 16.4. The van der Waals surface area contributed by atoms with E-state index in [0.717, 1.165) is 44.1 Å². The molecule has 1 aromatic rings. The Balaban J connectivity index is 1.55. The van der Waals surface area contributed by atoms with E-state index in [1.165, 1.54) is 12.8 Å². The fourth-order valence-electron chi connectivity index (χ4n) is 2.65. The molecule has 2 heterocycles. The summed E-state index contributed by atoms with van der Waals surface area (Å²) >= 11 is 0. The van der Waals surface area contributed by atoms with Gasteiger partial charge in [0.25, 0.3) is 0 Å². The predicted molar refractivity (Wildman–Crippen MR) is 69.7 cm³/mol. The minimum atomic E-state index is 0.283. The van der Waals surface area contributed by atoms with E-state index in [2.05, 4.69) is 10.2 Å². The maximum absolute atomic E-state index is 11.8. The number of hydrogen-bond acceptors (Lipinski definition) is 4. The molecule has 0 atom stereocenters. The molecule has 1 amide bonds. The van der Waals surface area contributed by atoms with Gasteiger partial charge >= 0.3 is 0 Å². The Morgan fingerprint density at radius 1 is 1.16 bits per heavy atom. The molecule has 104 valence electrons. The zero-order chi connectivity index (χ0) is 13.2. The predicted octanol–water partition coefficient (Wildman–Crippen LogP) is 2.45. The summed E-state index contributed by atoms with van der Waals surface area (Å²) in [6.45, 7) is 3.69. The average Bonchev–Trinajstić information content (AvgIpc) is 3.17. The lowest BCUT2D eigenvalue weighted by molar-refractivity contribution is -0.132. The first-order chi connectivity index (χ1) is 9.28. The summed E-state index contributed by atoms with van der Waals surface area (Å²) in [5.74, 6) is 2.74. The summed E-state index contributed by atoms with van der Waals surface area (Å²) in [7, 11) is 0. The molecule has 19 heavy (non-hydrogen) atoms. The van der Waals surface area contributed by atoms with Gasteiger partial charge in [-0.25, -0.2) is 0 Å². The monoisotopic (exact) mass is 263 g/mol. The van der Waals surface area contributed by atoms with E-state index in [0.29, 0.717) is 18.3 Å². The molecule has 1 aliphatic carbocycles. The Kier molecular flexibility index (Phi) is 3.53. The van der Waals surface area contributed by atoms with Crippen LogP contribution in [0.3, 0.4) is 0 Å². The normalized spacial score (nSPS) is 20.8. The van der Waals surface area contributed by atoms with E-state index in [1.54, 1.807) is 0 Å². The molecule has 5 nitrogen and oxygen atoms in total. The molecule has 0 aromatic carbocycles. The van der Waals surface area contributed by atoms with Crippen LogP contribution in [0.4, 0.5) is 0 Å². The Labute approximate surface area is 113 Å². The highest BCUT2D eigenvalue weighted by Crippen LogP contribution is 2.40. The van der Waals surface area contributed by atoms with Gasteiger partial charge < -0.3 is 9.32 Å². The van der Waals surface area contributed by atoms with Crippen molar-refractivity contribution in [2.24, 2.45) is 0 Å². The summed E-state index contributed by atoms with van der Waals surface area (Å²) in [6, 6.07) is 0. The number of amides is 1. The second kappa shape index (κ2) is 5.31. The second-order valence-corrected chi connectivity index (χ2v) is 5.66. The van der Waals surface area contributed by atoms with Crippen LogP contribution in [-0.2, 0) is 4.79 Å². The maximum atomic E-state index is 11.8. The van der Waals surface area contributed by atoms with Gasteiger partial charge in [0, 0.05) is 31.3 Å². The Hall–Kier alpha value is -1.39. The third-order valence-corrected chi connectivity index (χ3v) is 4.04. The zero-order valence-corrected chi connectivity index (χ0v) is 11.5. The largest absolute Gasteiger partial charge is 0.425 e. The molecule has 5 heteroatoms. The molecule has 0 bridgehead atoms. The summed E-state index contributed by atoms with van der Waals surface area (Å²) in [4.78, 5) is 13.8.